The van der Waals surface area contributed by atoms with Crippen molar-refractivity contribution >= 4 is 0 Å². The monoisotopic (exact) mass is 326 g/mol. The van der Waals surface area contributed by atoms with Crippen LogP contribution in [0.5, 0.6) is 11.5 Å². The summed E-state index contributed by atoms with van der Waals surface area (Å²) in [6.07, 6.45) is 0. The Morgan fingerprint density at radius 1 is 1.12 bits per heavy atom. The third-order valence-electron chi connectivity index (χ3n) is 3.57. The number of aliphatic hydroxyl groups is 1. The first-order valence-electron chi connectivity index (χ1n) is 7.50. The van der Waals surface area contributed by atoms with Crippen LogP contribution in [0.3, 0.4) is 0 Å². The minimum atomic E-state index is -0.168. The van der Waals surface area contributed by atoms with E-state index in [0.29, 0.717) is 40.9 Å². The minimum Gasteiger partial charge on any atom is -0.493 e. The van der Waals surface area contributed by atoms with Crippen molar-refractivity contribution in [1.82, 2.24) is 10.1 Å². The third kappa shape index (κ3) is 3.38. The molecule has 1 N–H and O–H groups in total. The number of ether oxygens (including phenoxy) is 2. The van der Waals surface area contributed by atoms with Crippen LogP contribution in [0, 0.1) is 6.92 Å². The van der Waals surface area contributed by atoms with Crippen molar-refractivity contribution in [2.24, 2.45) is 0 Å². The van der Waals surface area contributed by atoms with E-state index in [2.05, 4.69) is 10.1 Å². The van der Waals surface area contributed by atoms with Crippen molar-refractivity contribution in [2.75, 3.05) is 7.11 Å². The van der Waals surface area contributed by atoms with Crippen molar-refractivity contribution in [3.05, 3.63) is 59.5 Å². The fraction of sp³-hybridized carbons (Fsp3) is 0.222. The van der Waals surface area contributed by atoms with E-state index in [-0.39, 0.29) is 6.61 Å². The largest absolute Gasteiger partial charge is 0.493 e. The molecule has 124 valence electrons. The van der Waals surface area contributed by atoms with Crippen LogP contribution in [0.15, 0.2) is 47.0 Å². The molecule has 0 radical (unpaired) electrons. The van der Waals surface area contributed by atoms with E-state index in [0.717, 1.165) is 5.56 Å². The number of methoxy groups -OCH3 is 1. The third-order valence-corrected chi connectivity index (χ3v) is 3.57. The Bertz CT molecular complexity index is 815. The van der Waals surface area contributed by atoms with E-state index >= 15 is 0 Å². The molecule has 6 heteroatoms. The van der Waals surface area contributed by atoms with Crippen LogP contribution >= 0.6 is 0 Å². The Hall–Kier alpha value is -2.86. The second-order valence-electron chi connectivity index (χ2n) is 5.23. The van der Waals surface area contributed by atoms with Crippen LogP contribution in [0.4, 0.5) is 0 Å². The molecule has 0 aliphatic rings. The Balaban J connectivity index is 1.95. The Kier molecular flexibility index (Phi) is 4.77. The first-order chi connectivity index (χ1) is 11.7. The fourth-order valence-corrected chi connectivity index (χ4v) is 2.36. The summed E-state index contributed by atoms with van der Waals surface area (Å²) in [6.45, 7) is 1.95. The maximum atomic E-state index is 9.62. The maximum Gasteiger partial charge on any atom is 0.223 e. The highest BCUT2D eigenvalue weighted by atomic mass is 16.5. The van der Waals surface area contributed by atoms with Gasteiger partial charge >= 0.3 is 0 Å². The molecule has 0 saturated heterocycles. The SMILES string of the molecule is COc1cc(CO)c(-c2noc(C)n2)cc1OCc1ccccc1. The molecular formula is C18H18N2O4. The second-order valence-corrected chi connectivity index (χ2v) is 5.23. The lowest BCUT2D eigenvalue weighted by molar-refractivity contribution is 0.274. The molecule has 0 amide bonds. The lowest BCUT2D eigenvalue weighted by Crippen LogP contribution is -2.00. The van der Waals surface area contributed by atoms with Gasteiger partial charge in [0.05, 0.1) is 13.7 Å². The molecule has 24 heavy (non-hydrogen) atoms. The van der Waals surface area contributed by atoms with Crippen molar-refractivity contribution in [2.45, 2.75) is 20.1 Å². The minimum absolute atomic E-state index is 0.168. The predicted octanol–water partition coefficient (Wildman–Crippen LogP) is 3.12. The molecule has 0 bridgehead atoms. The average Bonchev–Trinajstić information content (AvgIpc) is 3.06. The molecule has 0 saturated carbocycles. The number of aryl methyl sites for hydroxylation is 1. The van der Waals surface area contributed by atoms with Gasteiger partial charge in [0.1, 0.15) is 6.61 Å². The van der Waals surface area contributed by atoms with Gasteiger partial charge in [0.15, 0.2) is 11.5 Å². The molecule has 0 spiro atoms. The molecule has 0 unspecified atom stereocenters. The van der Waals surface area contributed by atoms with E-state index in [4.69, 9.17) is 14.0 Å². The van der Waals surface area contributed by atoms with Crippen LogP contribution in [0.1, 0.15) is 17.0 Å². The molecule has 1 heterocycles. The van der Waals surface area contributed by atoms with Gasteiger partial charge in [0, 0.05) is 12.5 Å². The van der Waals surface area contributed by atoms with Crippen LogP contribution in [-0.2, 0) is 13.2 Å². The summed E-state index contributed by atoms with van der Waals surface area (Å²) in [7, 11) is 1.56. The Labute approximate surface area is 139 Å². The van der Waals surface area contributed by atoms with Crippen molar-refractivity contribution < 1.29 is 19.1 Å². The predicted molar refractivity (Wildman–Crippen MR) is 87.7 cm³/mol. The second kappa shape index (κ2) is 7.14. The van der Waals surface area contributed by atoms with Gasteiger partial charge in [-0.2, -0.15) is 4.98 Å². The van der Waals surface area contributed by atoms with Gasteiger partial charge in [-0.25, -0.2) is 0 Å². The van der Waals surface area contributed by atoms with Crippen molar-refractivity contribution in [1.29, 1.82) is 0 Å². The molecule has 1 aromatic heterocycles. The summed E-state index contributed by atoms with van der Waals surface area (Å²) < 4.78 is 16.3. The van der Waals surface area contributed by atoms with Crippen LogP contribution in [-0.4, -0.2) is 22.4 Å². The Morgan fingerprint density at radius 2 is 1.92 bits per heavy atom. The average molecular weight is 326 g/mol. The van der Waals surface area contributed by atoms with Gasteiger partial charge in [-0.15, -0.1) is 0 Å². The number of aromatic nitrogens is 2. The van der Waals surface area contributed by atoms with E-state index < -0.39 is 0 Å². The van der Waals surface area contributed by atoms with Gasteiger partial charge in [-0.1, -0.05) is 35.5 Å². The van der Waals surface area contributed by atoms with Gasteiger partial charge in [-0.3, -0.25) is 0 Å². The topological polar surface area (TPSA) is 77.6 Å². The molecule has 0 atom stereocenters. The van der Waals surface area contributed by atoms with E-state index in [1.807, 2.05) is 30.3 Å². The standard InChI is InChI=1S/C18H18N2O4/c1-12-19-18(20-24-12)15-9-17(16(22-2)8-14(15)10-21)23-11-13-6-4-3-5-7-13/h3-9,21H,10-11H2,1-2H3. The summed E-state index contributed by atoms with van der Waals surface area (Å²) in [5.74, 6) is 1.95. The fourth-order valence-electron chi connectivity index (χ4n) is 2.36. The summed E-state index contributed by atoms with van der Waals surface area (Å²) in [5.41, 5.74) is 2.33. The Morgan fingerprint density at radius 3 is 2.54 bits per heavy atom. The number of benzene rings is 2. The van der Waals surface area contributed by atoms with Crippen LogP contribution in [0.25, 0.3) is 11.4 Å². The lowest BCUT2D eigenvalue weighted by atomic mass is 10.1. The van der Waals surface area contributed by atoms with Gasteiger partial charge in [0.25, 0.3) is 0 Å². The number of hydrogen-bond donors (Lipinski definition) is 1. The van der Waals surface area contributed by atoms with E-state index in [1.165, 1.54) is 0 Å². The highest BCUT2D eigenvalue weighted by molar-refractivity contribution is 5.65. The molecule has 6 nitrogen and oxygen atoms in total. The first kappa shape index (κ1) is 16.0. The normalized spacial score (nSPS) is 10.6. The maximum absolute atomic E-state index is 9.62. The van der Waals surface area contributed by atoms with E-state index in [1.54, 1.807) is 26.2 Å². The van der Waals surface area contributed by atoms with Crippen LogP contribution in [0.2, 0.25) is 0 Å². The van der Waals surface area contributed by atoms with Gasteiger partial charge in [0.2, 0.25) is 11.7 Å². The quantitative estimate of drug-likeness (QED) is 0.750. The molecular weight excluding hydrogens is 308 g/mol. The molecule has 0 aliphatic carbocycles. The summed E-state index contributed by atoms with van der Waals surface area (Å²) >= 11 is 0. The first-order valence-corrected chi connectivity index (χ1v) is 7.50. The van der Waals surface area contributed by atoms with Gasteiger partial charge in [-0.05, 0) is 23.3 Å². The van der Waals surface area contributed by atoms with Crippen molar-refractivity contribution in [3.8, 4) is 22.9 Å². The molecule has 3 aromatic rings. The van der Waals surface area contributed by atoms with Gasteiger partial charge < -0.3 is 19.1 Å². The highest BCUT2D eigenvalue weighted by Gasteiger charge is 2.16. The number of aliphatic hydroxyl groups excluding tert-OH is 1. The highest BCUT2D eigenvalue weighted by Crippen LogP contribution is 2.35. The summed E-state index contributed by atoms with van der Waals surface area (Å²) in [6, 6.07) is 13.3. The number of nitrogens with zero attached hydrogens (tertiary/aromatic N) is 2. The molecule has 0 fully saturated rings. The van der Waals surface area contributed by atoms with Crippen LogP contribution < -0.4 is 9.47 Å². The smallest absolute Gasteiger partial charge is 0.223 e. The van der Waals surface area contributed by atoms with Crippen molar-refractivity contribution in [3.63, 3.8) is 0 Å². The zero-order valence-electron chi connectivity index (χ0n) is 13.5. The number of hydrogen-bond acceptors (Lipinski definition) is 6. The summed E-state index contributed by atoms with van der Waals surface area (Å²) in [5, 5.41) is 13.5. The molecule has 0 aliphatic heterocycles. The zero-order valence-corrected chi connectivity index (χ0v) is 13.5. The number of rotatable bonds is 6. The lowest BCUT2D eigenvalue weighted by Gasteiger charge is -2.14. The van der Waals surface area contributed by atoms with E-state index in [9.17, 15) is 5.11 Å². The zero-order chi connectivity index (χ0) is 16.9. The molecule has 2 aromatic carbocycles. The molecule has 3 rings (SSSR count). The summed E-state index contributed by atoms with van der Waals surface area (Å²) in [4.78, 5) is 4.22.